The Morgan fingerprint density at radius 3 is 2.41 bits per heavy atom. The topological polar surface area (TPSA) is 46.3 Å². The van der Waals surface area contributed by atoms with E-state index >= 15 is 0 Å². The molecule has 0 saturated heterocycles. The van der Waals surface area contributed by atoms with Crippen LogP contribution in [0.15, 0.2) is 94.0 Å². The molecule has 0 N–H and O–H groups in total. The molecule has 0 aliphatic carbocycles. The van der Waals surface area contributed by atoms with Crippen molar-refractivity contribution in [1.29, 1.82) is 0 Å². The number of nitrogens with zero attached hydrogens (tertiary/aromatic N) is 3. The van der Waals surface area contributed by atoms with Gasteiger partial charge < -0.3 is 4.84 Å². The highest BCUT2D eigenvalue weighted by molar-refractivity contribution is 6.67. The minimum Gasteiger partial charge on any atom is -0.391 e. The van der Waals surface area contributed by atoms with E-state index in [0.717, 1.165) is 22.3 Å². The molecular formula is C24H20FN3O. The highest BCUT2D eigenvalue weighted by atomic mass is 19.1. The average molecular weight is 385 g/mol. The number of hydrogen-bond acceptors (Lipinski definition) is 4. The van der Waals surface area contributed by atoms with Crippen LogP contribution in [-0.2, 0) is 11.4 Å². The van der Waals surface area contributed by atoms with Crippen molar-refractivity contribution in [3.8, 4) is 0 Å². The van der Waals surface area contributed by atoms with Gasteiger partial charge in [-0.05, 0) is 47.9 Å². The molecule has 0 bridgehead atoms. The molecule has 4 nitrogen and oxygen atoms in total. The zero-order valence-electron chi connectivity index (χ0n) is 16.0. The van der Waals surface area contributed by atoms with Gasteiger partial charge in [-0.25, -0.2) is 9.38 Å². The van der Waals surface area contributed by atoms with Gasteiger partial charge in [-0.1, -0.05) is 59.8 Å². The summed E-state index contributed by atoms with van der Waals surface area (Å²) >= 11 is 0. The van der Waals surface area contributed by atoms with Crippen molar-refractivity contribution in [2.75, 3.05) is 0 Å². The molecule has 0 aromatic heterocycles. The van der Waals surface area contributed by atoms with Gasteiger partial charge in [0.1, 0.15) is 18.1 Å². The van der Waals surface area contributed by atoms with Gasteiger partial charge in [0.05, 0.1) is 11.9 Å². The second kappa shape index (κ2) is 8.61. The van der Waals surface area contributed by atoms with Crippen LogP contribution < -0.4 is 0 Å². The molecule has 3 aromatic carbocycles. The lowest BCUT2D eigenvalue weighted by atomic mass is 10.1. The third kappa shape index (κ3) is 4.46. The maximum atomic E-state index is 13.3. The number of halogens is 1. The first-order valence-electron chi connectivity index (χ1n) is 9.37. The van der Waals surface area contributed by atoms with Crippen LogP contribution in [0.3, 0.4) is 0 Å². The second-order valence-corrected chi connectivity index (χ2v) is 6.72. The fraction of sp³-hybridized carbons (Fsp3) is 0.125. The van der Waals surface area contributed by atoms with Crippen LogP contribution in [0.5, 0.6) is 0 Å². The molecule has 1 heterocycles. The van der Waals surface area contributed by atoms with Crippen LogP contribution in [0.1, 0.15) is 28.4 Å². The maximum Gasteiger partial charge on any atom is 0.166 e. The van der Waals surface area contributed by atoms with E-state index < -0.39 is 0 Å². The molecule has 1 aliphatic rings. The molecule has 0 saturated carbocycles. The van der Waals surface area contributed by atoms with Gasteiger partial charge in [-0.2, -0.15) is 0 Å². The van der Waals surface area contributed by atoms with Crippen molar-refractivity contribution in [2.24, 2.45) is 15.1 Å². The summed E-state index contributed by atoms with van der Waals surface area (Å²) in [5, 5.41) is 4.10. The summed E-state index contributed by atoms with van der Waals surface area (Å²) in [6.45, 7) is 2.41. The van der Waals surface area contributed by atoms with Crippen molar-refractivity contribution in [2.45, 2.75) is 19.7 Å². The van der Waals surface area contributed by atoms with Crippen molar-refractivity contribution >= 4 is 17.6 Å². The number of hydrogen-bond donors (Lipinski definition) is 0. The molecule has 5 heteroatoms. The third-order valence-electron chi connectivity index (χ3n) is 4.70. The summed E-state index contributed by atoms with van der Waals surface area (Å²) in [4.78, 5) is 14.9. The Kier molecular flexibility index (Phi) is 5.56. The summed E-state index contributed by atoms with van der Waals surface area (Å²) in [5.41, 5.74) is 5.27. The number of oxime groups is 1. The Morgan fingerprint density at radius 1 is 0.931 bits per heavy atom. The predicted octanol–water partition coefficient (Wildman–Crippen LogP) is 5.28. The first-order chi connectivity index (χ1) is 14.2. The zero-order valence-corrected chi connectivity index (χ0v) is 16.0. The normalized spacial score (nSPS) is 16.0. The molecule has 29 heavy (non-hydrogen) atoms. The van der Waals surface area contributed by atoms with E-state index in [9.17, 15) is 4.39 Å². The maximum absolute atomic E-state index is 13.3. The summed E-state index contributed by atoms with van der Waals surface area (Å²) in [5.74, 6) is -0.291. The largest absolute Gasteiger partial charge is 0.391 e. The van der Waals surface area contributed by atoms with Crippen LogP contribution in [0, 0.1) is 12.7 Å². The highest BCUT2D eigenvalue weighted by Gasteiger charge is 2.22. The second-order valence-electron chi connectivity index (χ2n) is 6.72. The van der Waals surface area contributed by atoms with Crippen LogP contribution >= 0.6 is 0 Å². The van der Waals surface area contributed by atoms with Crippen LogP contribution in [0.25, 0.3) is 0 Å². The number of aryl methyl sites for hydroxylation is 1. The molecule has 1 atom stereocenters. The van der Waals surface area contributed by atoms with E-state index in [4.69, 9.17) is 14.8 Å². The Labute approximate surface area is 169 Å². The molecule has 0 fully saturated rings. The van der Waals surface area contributed by atoms with Gasteiger partial charge in [0, 0.05) is 5.56 Å². The number of benzene rings is 3. The quantitative estimate of drug-likeness (QED) is 0.421. The van der Waals surface area contributed by atoms with Crippen LogP contribution in [-0.4, -0.2) is 17.6 Å². The summed E-state index contributed by atoms with van der Waals surface area (Å²) < 4.78 is 13.3. The minimum absolute atomic E-state index is 0.291. The summed E-state index contributed by atoms with van der Waals surface area (Å²) in [7, 11) is 0. The SMILES string of the molecule is Cc1ccccc1CO/N=C/C1=NC(c2ccccc2)N=C1c1ccc(F)cc1. The molecule has 1 aliphatic heterocycles. The van der Waals surface area contributed by atoms with E-state index in [0.29, 0.717) is 18.0 Å². The van der Waals surface area contributed by atoms with Crippen LogP contribution in [0.4, 0.5) is 4.39 Å². The van der Waals surface area contributed by atoms with E-state index in [1.54, 1.807) is 18.3 Å². The van der Waals surface area contributed by atoms with Crippen molar-refractivity contribution < 1.29 is 9.23 Å². The molecule has 1 unspecified atom stereocenters. The van der Waals surface area contributed by atoms with Gasteiger partial charge in [0.25, 0.3) is 0 Å². The van der Waals surface area contributed by atoms with E-state index in [1.165, 1.54) is 12.1 Å². The smallest absolute Gasteiger partial charge is 0.166 e. The lowest BCUT2D eigenvalue weighted by molar-refractivity contribution is 0.132. The van der Waals surface area contributed by atoms with E-state index in [1.807, 2.05) is 61.5 Å². The molecule has 4 rings (SSSR count). The van der Waals surface area contributed by atoms with E-state index in [2.05, 4.69) is 5.16 Å². The Balaban J connectivity index is 1.56. The van der Waals surface area contributed by atoms with Gasteiger partial charge >= 0.3 is 0 Å². The predicted molar refractivity (Wildman–Crippen MR) is 114 cm³/mol. The third-order valence-corrected chi connectivity index (χ3v) is 4.70. The number of rotatable bonds is 6. The monoisotopic (exact) mass is 385 g/mol. The zero-order chi connectivity index (χ0) is 20.1. The van der Waals surface area contributed by atoms with Gasteiger partial charge in [-0.15, -0.1) is 0 Å². The number of aliphatic imine (C=N–C) groups is 2. The molecule has 0 spiro atoms. The molecule has 0 amide bonds. The Bertz CT molecular complexity index is 1070. The minimum atomic E-state index is -0.353. The fourth-order valence-electron chi connectivity index (χ4n) is 3.08. The first kappa shape index (κ1) is 18.7. The molecular weight excluding hydrogens is 365 g/mol. The van der Waals surface area contributed by atoms with Crippen LogP contribution in [0.2, 0.25) is 0 Å². The lowest BCUT2D eigenvalue weighted by Gasteiger charge is -2.04. The van der Waals surface area contributed by atoms with Gasteiger partial charge in [0.2, 0.25) is 0 Å². The van der Waals surface area contributed by atoms with Gasteiger partial charge in [-0.3, -0.25) is 4.99 Å². The summed E-state index contributed by atoms with van der Waals surface area (Å²) in [6.07, 6.45) is 1.22. The Hall–Kier alpha value is -3.60. The standard InChI is InChI=1S/C24H20FN3O/c1-17-7-5-6-10-20(17)16-29-26-15-22-23(18-11-13-21(25)14-12-18)28-24(27-22)19-8-3-2-4-9-19/h2-15,24H,16H2,1H3/b26-15+. The van der Waals surface area contributed by atoms with Gasteiger partial charge in [0.15, 0.2) is 6.17 Å². The van der Waals surface area contributed by atoms with Crippen molar-refractivity contribution in [3.05, 3.63) is 107 Å². The lowest BCUT2D eigenvalue weighted by Crippen LogP contribution is -2.14. The highest BCUT2D eigenvalue weighted by Crippen LogP contribution is 2.25. The molecule has 3 aromatic rings. The molecule has 144 valence electrons. The van der Waals surface area contributed by atoms with Crippen molar-refractivity contribution in [3.63, 3.8) is 0 Å². The van der Waals surface area contributed by atoms with Crippen molar-refractivity contribution in [1.82, 2.24) is 0 Å². The van der Waals surface area contributed by atoms with E-state index in [-0.39, 0.29) is 12.0 Å². The summed E-state index contributed by atoms with van der Waals surface area (Å²) in [6, 6.07) is 24.0. The Morgan fingerprint density at radius 2 is 1.66 bits per heavy atom. The fourth-order valence-corrected chi connectivity index (χ4v) is 3.08. The first-order valence-corrected chi connectivity index (χ1v) is 9.37. The molecule has 0 radical (unpaired) electrons. The average Bonchev–Trinajstić information content (AvgIpc) is 3.18.